The molecule has 1 aliphatic rings. The molecule has 1 N–H and O–H groups in total. The summed E-state index contributed by atoms with van der Waals surface area (Å²) in [5, 5.41) is 8.94. The van der Waals surface area contributed by atoms with Crippen molar-refractivity contribution in [1.29, 1.82) is 0 Å². The Labute approximate surface area is 106 Å². The largest absolute Gasteiger partial charge is 0.478 e. The first-order valence-corrected chi connectivity index (χ1v) is 6.11. The maximum absolute atomic E-state index is 11.7. The molecule has 0 atom stereocenters. The first-order valence-electron chi connectivity index (χ1n) is 6.11. The zero-order valence-corrected chi connectivity index (χ0v) is 11.2. The van der Waals surface area contributed by atoms with Crippen molar-refractivity contribution >= 4 is 5.97 Å². The lowest BCUT2D eigenvalue weighted by atomic mass is 10.0. The zero-order chi connectivity index (χ0) is 13.7. The van der Waals surface area contributed by atoms with Crippen LogP contribution in [0.4, 0.5) is 0 Å². The van der Waals surface area contributed by atoms with E-state index in [1.165, 1.54) is 22.9 Å². The number of hydrogen-bond acceptors (Lipinski definition) is 2. The summed E-state index contributed by atoms with van der Waals surface area (Å²) in [6.07, 6.45) is 1.44. The van der Waals surface area contributed by atoms with Crippen LogP contribution in [0, 0.1) is 16.7 Å². The van der Waals surface area contributed by atoms with Crippen molar-refractivity contribution in [3.05, 3.63) is 34.2 Å². The summed E-state index contributed by atoms with van der Waals surface area (Å²) < 4.78 is 1.52. The van der Waals surface area contributed by atoms with Gasteiger partial charge in [0.05, 0.1) is 5.56 Å². The zero-order valence-electron chi connectivity index (χ0n) is 11.2. The highest BCUT2D eigenvalue weighted by atomic mass is 16.4. The normalized spacial score (nSPS) is 20.7. The van der Waals surface area contributed by atoms with E-state index in [-0.39, 0.29) is 22.0 Å². The van der Waals surface area contributed by atoms with E-state index in [4.69, 9.17) is 5.11 Å². The van der Waals surface area contributed by atoms with Crippen LogP contribution in [0.15, 0.2) is 23.1 Å². The van der Waals surface area contributed by atoms with Crippen molar-refractivity contribution in [2.24, 2.45) is 16.7 Å². The van der Waals surface area contributed by atoms with Crippen LogP contribution in [-0.2, 0) is 6.54 Å². The molecule has 0 aromatic carbocycles. The van der Waals surface area contributed by atoms with E-state index in [1.807, 2.05) is 0 Å². The second-order valence-corrected chi connectivity index (χ2v) is 6.21. The quantitative estimate of drug-likeness (QED) is 0.893. The molecule has 1 fully saturated rings. The lowest BCUT2D eigenvalue weighted by Crippen LogP contribution is -2.22. The maximum atomic E-state index is 11.7. The van der Waals surface area contributed by atoms with Gasteiger partial charge in [0.1, 0.15) is 0 Å². The number of nitrogens with zero attached hydrogens (tertiary/aromatic N) is 1. The monoisotopic (exact) mass is 249 g/mol. The van der Waals surface area contributed by atoms with Gasteiger partial charge in [0.2, 0.25) is 0 Å². The van der Waals surface area contributed by atoms with Crippen LogP contribution in [0.1, 0.15) is 38.1 Å². The maximum Gasteiger partial charge on any atom is 0.337 e. The summed E-state index contributed by atoms with van der Waals surface area (Å²) in [5.74, 6) is -0.607. The molecule has 18 heavy (non-hydrogen) atoms. The van der Waals surface area contributed by atoms with Gasteiger partial charge in [-0.1, -0.05) is 27.7 Å². The van der Waals surface area contributed by atoms with Crippen LogP contribution in [0.3, 0.4) is 0 Å². The number of pyridine rings is 1. The molecule has 0 radical (unpaired) electrons. The highest BCUT2D eigenvalue weighted by Crippen LogP contribution is 2.68. The van der Waals surface area contributed by atoms with Crippen molar-refractivity contribution in [2.75, 3.05) is 0 Å². The Hall–Kier alpha value is -1.58. The minimum absolute atomic E-state index is 0.140. The third kappa shape index (κ3) is 1.76. The fraction of sp³-hybridized carbons (Fsp3) is 0.571. The minimum Gasteiger partial charge on any atom is -0.478 e. The Morgan fingerprint density at radius 2 is 1.83 bits per heavy atom. The fourth-order valence-corrected chi connectivity index (χ4v) is 2.79. The van der Waals surface area contributed by atoms with Crippen LogP contribution < -0.4 is 5.56 Å². The van der Waals surface area contributed by atoms with E-state index < -0.39 is 5.97 Å². The number of aromatic carboxylic acids is 1. The molecule has 0 unspecified atom stereocenters. The first kappa shape index (κ1) is 12.9. The second-order valence-electron chi connectivity index (χ2n) is 6.21. The van der Waals surface area contributed by atoms with Gasteiger partial charge >= 0.3 is 5.97 Å². The van der Waals surface area contributed by atoms with E-state index in [2.05, 4.69) is 27.7 Å². The van der Waals surface area contributed by atoms with Gasteiger partial charge in [0.15, 0.2) is 0 Å². The molecule has 4 heteroatoms. The lowest BCUT2D eigenvalue weighted by molar-refractivity contribution is 0.0695. The van der Waals surface area contributed by atoms with Gasteiger partial charge in [-0.05, 0) is 22.8 Å². The molecule has 4 nitrogen and oxygen atoms in total. The number of hydrogen-bond donors (Lipinski definition) is 1. The van der Waals surface area contributed by atoms with Crippen molar-refractivity contribution in [1.82, 2.24) is 4.57 Å². The van der Waals surface area contributed by atoms with Gasteiger partial charge in [-0.25, -0.2) is 4.79 Å². The smallest absolute Gasteiger partial charge is 0.337 e. The van der Waals surface area contributed by atoms with E-state index in [9.17, 15) is 9.59 Å². The third-order valence-corrected chi connectivity index (χ3v) is 4.93. The van der Waals surface area contributed by atoms with E-state index >= 15 is 0 Å². The average molecular weight is 249 g/mol. The predicted octanol–water partition coefficient (Wildman–Crippen LogP) is 2.23. The Kier molecular flexibility index (Phi) is 2.65. The molecule has 0 aliphatic heterocycles. The molecule has 0 saturated heterocycles. The SMILES string of the molecule is CC1(C)C(Cn2cc(C(=O)O)ccc2=O)C1(C)C. The standard InChI is InChI=1S/C14H19NO3/c1-13(2)10(14(13,3)4)8-15-7-9(12(17)18)5-6-11(15)16/h5-7,10H,8H2,1-4H3,(H,17,18). The molecule has 98 valence electrons. The molecule has 1 saturated carbocycles. The van der Waals surface area contributed by atoms with Crippen molar-refractivity contribution in [3.8, 4) is 0 Å². The van der Waals surface area contributed by atoms with Gasteiger partial charge in [-0.3, -0.25) is 4.79 Å². The van der Waals surface area contributed by atoms with Crippen LogP contribution in [-0.4, -0.2) is 15.6 Å². The van der Waals surface area contributed by atoms with Gasteiger partial charge in [0, 0.05) is 18.8 Å². The van der Waals surface area contributed by atoms with Gasteiger partial charge in [0.25, 0.3) is 5.56 Å². The first-order chi connectivity index (χ1) is 8.18. The van der Waals surface area contributed by atoms with Crippen molar-refractivity contribution in [2.45, 2.75) is 34.2 Å². The summed E-state index contributed by atoms with van der Waals surface area (Å²) in [6, 6.07) is 2.68. The fourth-order valence-electron chi connectivity index (χ4n) is 2.79. The Morgan fingerprint density at radius 3 is 2.28 bits per heavy atom. The highest BCUT2D eigenvalue weighted by Gasteiger charge is 2.64. The average Bonchev–Trinajstić information content (AvgIpc) is 2.63. The van der Waals surface area contributed by atoms with Crippen LogP contribution >= 0.6 is 0 Å². The number of carboxylic acids is 1. The van der Waals surface area contributed by atoms with Gasteiger partial charge in [-0.2, -0.15) is 0 Å². The van der Waals surface area contributed by atoms with E-state index in [0.717, 1.165) is 0 Å². The summed E-state index contributed by atoms with van der Waals surface area (Å²) >= 11 is 0. The highest BCUT2D eigenvalue weighted by molar-refractivity contribution is 5.87. The number of carbonyl (C=O) groups is 1. The molecule has 1 aromatic heterocycles. The molecular weight excluding hydrogens is 230 g/mol. The summed E-state index contributed by atoms with van der Waals surface area (Å²) in [7, 11) is 0. The molecular formula is C14H19NO3. The summed E-state index contributed by atoms with van der Waals surface area (Å²) in [4.78, 5) is 22.7. The van der Waals surface area contributed by atoms with Crippen molar-refractivity contribution < 1.29 is 9.90 Å². The Bertz CT molecular complexity index is 540. The number of aromatic nitrogens is 1. The molecule has 1 aromatic rings. The van der Waals surface area contributed by atoms with Crippen molar-refractivity contribution in [3.63, 3.8) is 0 Å². The summed E-state index contributed by atoms with van der Waals surface area (Å²) in [5.41, 5.74) is 0.390. The molecule has 0 amide bonds. The minimum atomic E-state index is -1.00. The van der Waals surface area contributed by atoms with E-state index in [1.54, 1.807) is 0 Å². The third-order valence-electron chi connectivity index (χ3n) is 4.93. The van der Waals surface area contributed by atoms with Crippen LogP contribution in [0.25, 0.3) is 0 Å². The number of carboxylic acid groups (broad SMARTS) is 1. The Balaban J connectivity index is 2.29. The second kappa shape index (κ2) is 3.70. The van der Waals surface area contributed by atoms with E-state index in [0.29, 0.717) is 12.5 Å². The molecule has 2 rings (SSSR count). The van der Waals surface area contributed by atoms with Crippen LogP contribution in [0.5, 0.6) is 0 Å². The summed E-state index contributed by atoms with van der Waals surface area (Å²) in [6.45, 7) is 9.32. The Morgan fingerprint density at radius 1 is 1.28 bits per heavy atom. The predicted molar refractivity (Wildman–Crippen MR) is 68.7 cm³/mol. The molecule has 0 bridgehead atoms. The molecule has 1 aliphatic carbocycles. The van der Waals surface area contributed by atoms with Gasteiger partial charge < -0.3 is 9.67 Å². The molecule has 0 spiro atoms. The topological polar surface area (TPSA) is 59.3 Å². The molecule has 1 heterocycles. The lowest BCUT2D eigenvalue weighted by Gasteiger charge is -2.07. The van der Waals surface area contributed by atoms with Gasteiger partial charge in [-0.15, -0.1) is 0 Å². The number of rotatable bonds is 3. The van der Waals surface area contributed by atoms with Crippen LogP contribution in [0.2, 0.25) is 0 Å².